The Morgan fingerprint density at radius 2 is 2.00 bits per heavy atom. The van der Waals surface area contributed by atoms with Crippen molar-refractivity contribution in [3.05, 3.63) is 0 Å². The molecule has 0 aromatic carbocycles. The molecule has 1 atom stereocenters. The largest absolute Gasteiger partial charge is 0.480 e. The number of nitrogens with zero attached hydrogens (tertiary/aromatic N) is 1. The molecular weight excluding hydrogens is 260 g/mol. The third-order valence-corrected chi connectivity index (χ3v) is 3.64. The van der Waals surface area contributed by atoms with Gasteiger partial charge in [0.1, 0.15) is 6.04 Å². The first-order chi connectivity index (χ1) is 9.45. The van der Waals surface area contributed by atoms with Crippen molar-refractivity contribution in [2.45, 2.75) is 58.0 Å². The number of nitrogens with one attached hydrogen (secondary N) is 1. The van der Waals surface area contributed by atoms with E-state index in [9.17, 15) is 9.59 Å². The minimum Gasteiger partial charge on any atom is -0.480 e. The van der Waals surface area contributed by atoms with E-state index in [-0.39, 0.29) is 24.6 Å². The summed E-state index contributed by atoms with van der Waals surface area (Å²) < 4.78 is 0. The van der Waals surface area contributed by atoms with Gasteiger partial charge >= 0.3 is 12.0 Å². The van der Waals surface area contributed by atoms with E-state index in [1.54, 1.807) is 4.90 Å². The van der Waals surface area contributed by atoms with E-state index in [4.69, 9.17) is 10.2 Å². The lowest BCUT2D eigenvalue weighted by Crippen LogP contribution is -2.53. The minimum atomic E-state index is -0.997. The average molecular weight is 286 g/mol. The Kier molecular flexibility index (Phi) is 6.78. The normalized spacial score (nSPS) is 16.6. The number of urea groups is 1. The van der Waals surface area contributed by atoms with Crippen LogP contribution in [-0.2, 0) is 4.79 Å². The first-order valence-electron chi connectivity index (χ1n) is 7.36. The molecule has 1 saturated carbocycles. The summed E-state index contributed by atoms with van der Waals surface area (Å²) in [5, 5.41) is 20.7. The molecule has 6 heteroatoms. The predicted octanol–water partition coefficient (Wildman–Crippen LogP) is 1.43. The van der Waals surface area contributed by atoms with Gasteiger partial charge in [0.25, 0.3) is 0 Å². The van der Waals surface area contributed by atoms with E-state index in [0.29, 0.717) is 19.4 Å². The monoisotopic (exact) mass is 286 g/mol. The summed E-state index contributed by atoms with van der Waals surface area (Å²) in [7, 11) is 0. The molecule has 1 aliphatic rings. The van der Waals surface area contributed by atoms with Crippen molar-refractivity contribution >= 4 is 12.0 Å². The second kappa shape index (κ2) is 8.09. The minimum absolute atomic E-state index is 0.0326. The van der Waals surface area contributed by atoms with Gasteiger partial charge in [-0.3, -0.25) is 0 Å². The maximum absolute atomic E-state index is 12.2. The maximum Gasteiger partial charge on any atom is 0.326 e. The second-order valence-electron chi connectivity index (χ2n) is 5.83. The molecule has 3 N–H and O–H groups in total. The maximum atomic E-state index is 12.2. The van der Waals surface area contributed by atoms with Gasteiger partial charge in [-0.15, -0.1) is 0 Å². The molecule has 0 bridgehead atoms. The van der Waals surface area contributed by atoms with Crippen molar-refractivity contribution < 1.29 is 19.8 Å². The van der Waals surface area contributed by atoms with E-state index < -0.39 is 12.0 Å². The summed E-state index contributed by atoms with van der Waals surface area (Å²) in [5.41, 5.74) is 0. The van der Waals surface area contributed by atoms with Crippen LogP contribution in [0.15, 0.2) is 0 Å². The van der Waals surface area contributed by atoms with Crippen LogP contribution in [-0.4, -0.2) is 52.3 Å². The highest BCUT2D eigenvalue weighted by molar-refractivity contribution is 5.82. The van der Waals surface area contributed by atoms with E-state index in [0.717, 1.165) is 19.3 Å². The number of hydrogen-bond acceptors (Lipinski definition) is 3. The Balaban J connectivity index is 2.60. The van der Waals surface area contributed by atoms with E-state index in [1.165, 1.54) is 0 Å². The Labute approximate surface area is 120 Å². The average Bonchev–Trinajstić information content (AvgIpc) is 2.30. The van der Waals surface area contributed by atoms with Gasteiger partial charge in [-0.05, 0) is 38.0 Å². The number of hydrogen-bond donors (Lipinski definition) is 3. The van der Waals surface area contributed by atoms with Gasteiger partial charge in [0.05, 0.1) is 0 Å². The summed E-state index contributed by atoms with van der Waals surface area (Å²) >= 11 is 0. The molecule has 0 spiro atoms. The fourth-order valence-corrected chi connectivity index (χ4v) is 2.31. The molecule has 6 nitrogen and oxygen atoms in total. The van der Waals surface area contributed by atoms with Gasteiger partial charge in [-0.1, -0.05) is 13.8 Å². The van der Waals surface area contributed by atoms with Crippen molar-refractivity contribution in [3.8, 4) is 0 Å². The molecular formula is C14H26N2O4. The topological polar surface area (TPSA) is 89.9 Å². The Bertz CT molecular complexity index is 329. The Morgan fingerprint density at radius 3 is 2.40 bits per heavy atom. The van der Waals surface area contributed by atoms with Crippen molar-refractivity contribution in [3.63, 3.8) is 0 Å². The zero-order valence-electron chi connectivity index (χ0n) is 12.3. The van der Waals surface area contributed by atoms with Gasteiger partial charge in [-0.2, -0.15) is 0 Å². The highest BCUT2D eigenvalue weighted by atomic mass is 16.4. The molecule has 0 aromatic heterocycles. The summed E-state index contributed by atoms with van der Waals surface area (Å²) in [5.74, 6) is -0.797. The third-order valence-electron chi connectivity index (χ3n) is 3.64. The van der Waals surface area contributed by atoms with Crippen LogP contribution in [0.5, 0.6) is 0 Å². The second-order valence-corrected chi connectivity index (χ2v) is 5.83. The van der Waals surface area contributed by atoms with Gasteiger partial charge in [-0.25, -0.2) is 9.59 Å². The lowest BCUT2D eigenvalue weighted by atomic mass is 9.91. The van der Waals surface area contributed by atoms with E-state index in [2.05, 4.69) is 5.32 Å². The fraction of sp³-hybridized carbons (Fsp3) is 0.857. The first kappa shape index (κ1) is 16.8. The molecule has 20 heavy (non-hydrogen) atoms. The summed E-state index contributed by atoms with van der Waals surface area (Å²) in [6.45, 7) is 4.36. The summed E-state index contributed by atoms with van der Waals surface area (Å²) in [4.78, 5) is 25.1. The van der Waals surface area contributed by atoms with Crippen LogP contribution in [0.25, 0.3) is 0 Å². The van der Waals surface area contributed by atoms with E-state index >= 15 is 0 Å². The van der Waals surface area contributed by atoms with Crippen molar-refractivity contribution in [1.82, 2.24) is 10.2 Å². The number of carbonyl (C=O) groups is 2. The highest BCUT2D eigenvalue weighted by Gasteiger charge is 2.31. The van der Waals surface area contributed by atoms with Gasteiger partial charge in [0, 0.05) is 19.2 Å². The molecule has 1 rings (SSSR count). The summed E-state index contributed by atoms with van der Waals surface area (Å²) in [6, 6.07) is -0.981. The lowest BCUT2D eigenvalue weighted by molar-refractivity contribution is -0.139. The van der Waals surface area contributed by atoms with Crippen LogP contribution >= 0.6 is 0 Å². The van der Waals surface area contributed by atoms with Crippen molar-refractivity contribution in [1.29, 1.82) is 0 Å². The molecule has 0 radical (unpaired) electrons. The van der Waals surface area contributed by atoms with Crippen molar-refractivity contribution in [2.24, 2.45) is 5.92 Å². The number of rotatable bonds is 8. The molecule has 116 valence electrons. The molecule has 1 aliphatic carbocycles. The molecule has 0 aromatic rings. The number of carboxylic acids is 1. The number of aliphatic hydroxyl groups excluding tert-OH is 1. The fourth-order valence-electron chi connectivity index (χ4n) is 2.31. The van der Waals surface area contributed by atoms with Gasteiger partial charge in [0.2, 0.25) is 0 Å². The number of amides is 2. The van der Waals surface area contributed by atoms with Crippen LogP contribution in [0.2, 0.25) is 0 Å². The van der Waals surface area contributed by atoms with Gasteiger partial charge in [0.15, 0.2) is 0 Å². The molecule has 0 aliphatic heterocycles. The van der Waals surface area contributed by atoms with Crippen LogP contribution in [0.4, 0.5) is 4.79 Å². The standard InChI is InChI=1S/C14H26N2O4/c1-10(2)9-12(13(18)19)15-14(20)16(7-4-8-17)11-5-3-6-11/h10-12,17H,3-9H2,1-2H3,(H,15,20)(H,18,19)/t12-/m1/s1. The smallest absolute Gasteiger partial charge is 0.326 e. The molecule has 2 amide bonds. The molecule has 0 heterocycles. The lowest BCUT2D eigenvalue weighted by Gasteiger charge is -2.38. The molecule has 1 fully saturated rings. The number of aliphatic carboxylic acids is 1. The zero-order chi connectivity index (χ0) is 15.1. The zero-order valence-corrected chi connectivity index (χ0v) is 12.3. The number of carboxylic acid groups (broad SMARTS) is 1. The Morgan fingerprint density at radius 1 is 1.35 bits per heavy atom. The van der Waals surface area contributed by atoms with Crippen LogP contribution in [0.1, 0.15) is 46.0 Å². The molecule has 0 unspecified atom stereocenters. The quantitative estimate of drug-likeness (QED) is 0.629. The Hall–Kier alpha value is -1.30. The summed E-state index contributed by atoms with van der Waals surface area (Å²) in [6.07, 6.45) is 3.95. The van der Waals surface area contributed by atoms with Crippen molar-refractivity contribution in [2.75, 3.05) is 13.2 Å². The highest BCUT2D eigenvalue weighted by Crippen LogP contribution is 2.25. The van der Waals surface area contributed by atoms with E-state index in [1.807, 2.05) is 13.8 Å². The molecule has 0 saturated heterocycles. The third kappa shape index (κ3) is 5.00. The van der Waals surface area contributed by atoms with Crippen LogP contribution in [0, 0.1) is 5.92 Å². The SMILES string of the molecule is CC(C)C[C@@H](NC(=O)N(CCCO)C1CCC1)C(=O)O. The number of carbonyl (C=O) groups excluding carboxylic acids is 1. The van der Waals surface area contributed by atoms with Crippen LogP contribution < -0.4 is 5.32 Å². The van der Waals surface area contributed by atoms with Crippen LogP contribution in [0.3, 0.4) is 0 Å². The predicted molar refractivity (Wildman–Crippen MR) is 75.5 cm³/mol. The number of aliphatic hydroxyl groups is 1. The van der Waals surface area contributed by atoms with Gasteiger partial charge < -0.3 is 20.4 Å². The first-order valence-corrected chi connectivity index (χ1v) is 7.36.